The highest BCUT2D eigenvalue weighted by atomic mass is 35.5. The summed E-state index contributed by atoms with van der Waals surface area (Å²) in [7, 11) is 0. The fraction of sp³-hybridized carbons (Fsp3) is 0.300. The third-order valence-corrected chi connectivity index (χ3v) is 5.16. The molecule has 0 spiro atoms. The quantitative estimate of drug-likeness (QED) is 0.713. The van der Waals surface area contributed by atoms with Crippen LogP contribution in [0.5, 0.6) is 0 Å². The van der Waals surface area contributed by atoms with Crippen molar-refractivity contribution in [2.75, 3.05) is 13.1 Å². The molecule has 4 rings (SSSR count). The highest BCUT2D eigenvalue weighted by Crippen LogP contribution is 2.23. The number of nitrogens with zero attached hydrogens (tertiary/aromatic N) is 3. The van der Waals surface area contributed by atoms with Crippen LogP contribution < -0.4 is 0 Å². The summed E-state index contributed by atoms with van der Waals surface area (Å²) in [6.07, 6.45) is 2.81. The number of likely N-dealkylation sites (tertiary alicyclic amines) is 1. The largest absolute Gasteiger partial charge is 0.341 e. The fourth-order valence-corrected chi connectivity index (χ4v) is 3.65. The molecule has 0 atom stereocenters. The summed E-state index contributed by atoms with van der Waals surface area (Å²) < 4.78 is 2.04. The van der Waals surface area contributed by atoms with Gasteiger partial charge in [0.15, 0.2) is 0 Å². The lowest BCUT2D eigenvalue weighted by Gasteiger charge is -2.17. The number of rotatable bonds is 4. The minimum Gasteiger partial charge on any atom is -0.341 e. The molecule has 1 amide bonds. The molecule has 128 valence electrons. The Kier molecular flexibility index (Phi) is 4.45. The van der Waals surface area contributed by atoms with E-state index < -0.39 is 0 Å². The molecule has 3 aromatic rings. The average Bonchev–Trinajstić information content (AvgIpc) is 3.26. The van der Waals surface area contributed by atoms with E-state index in [4.69, 9.17) is 16.6 Å². The molecule has 0 unspecified atom stereocenters. The van der Waals surface area contributed by atoms with Crippen molar-refractivity contribution in [1.82, 2.24) is 14.5 Å². The second-order valence-corrected chi connectivity index (χ2v) is 6.87. The van der Waals surface area contributed by atoms with Crippen LogP contribution in [-0.2, 0) is 17.8 Å². The minimum absolute atomic E-state index is 0.168. The number of fused-ring (bicyclic) bond motifs is 1. The van der Waals surface area contributed by atoms with Gasteiger partial charge in [0.1, 0.15) is 12.4 Å². The van der Waals surface area contributed by atoms with Crippen LogP contribution >= 0.6 is 11.6 Å². The van der Waals surface area contributed by atoms with E-state index in [1.807, 2.05) is 58.0 Å². The Balaban J connectivity index is 1.70. The summed E-state index contributed by atoms with van der Waals surface area (Å²) in [5, 5.41) is 0.729. The van der Waals surface area contributed by atoms with Crippen LogP contribution in [0.3, 0.4) is 0 Å². The van der Waals surface area contributed by atoms with Crippen molar-refractivity contribution in [2.24, 2.45) is 0 Å². The number of aromatic nitrogens is 2. The SMILES string of the molecule is O=C(Cn1c(Cc2ccccc2Cl)nc2ccccc21)N1CCCC1. The number of amides is 1. The van der Waals surface area contributed by atoms with Crippen LogP contribution in [0.4, 0.5) is 0 Å². The molecule has 25 heavy (non-hydrogen) atoms. The van der Waals surface area contributed by atoms with E-state index in [1.165, 1.54) is 0 Å². The number of benzene rings is 2. The first-order chi connectivity index (χ1) is 12.2. The maximum Gasteiger partial charge on any atom is 0.242 e. The van der Waals surface area contributed by atoms with Gasteiger partial charge in [0, 0.05) is 24.5 Å². The summed E-state index contributed by atoms with van der Waals surface area (Å²) >= 11 is 6.32. The highest BCUT2D eigenvalue weighted by Gasteiger charge is 2.21. The van der Waals surface area contributed by atoms with Crippen molar-refractivity contribution in [3.05, 3.63) is 64.9 Å². The van der Waals surface area contributed by atoms with E-state index in [2.05, 4.69) is 0 Å². The first-order valence-corrected chi connectivity index (χ1v) is 9.05. The van der Waals surface area contributed by atoms with Crippen LogP contribution in [0.2, 0.25) is 5.02 Å². The number of hydrogen-bond acceptors (Lipinski definition) is 2. The molecule has 1 aliphatic rings. The predicted molar refractivity (Wildman–Crippen MR) is 99.8 cm³/mol. The van der Waals surface area contributed by atoms with Gasteiger partial charge in [0.05, 0.1) is 11.0 Å². The molecule has 0 aliphatic carbocycles. The molecule has 0 saturated carbocycles. The van der Waals surface area contributed by atoms with E-state index >= 15 is 0 Å². The molecule has 5 heteroatoms. The summed E-state index contributed by atoms with van der Waals surface area (Å²) in [4.78, 5) is 19.4. The molecule has 0 N–H and O–H groups in total. The standard InChI is InChI=1S/C20H20ClN3O/c21-16-8-2-1-7-15(16)13-19-22-17-9-3-4-10-18(17)24(19)14-20(25)23-11-5-6-12-23/h1-4,7-10H,5-6,11-14H2. The molecule has 1 fully saturated rings. The second kappa shape index (κ2) is 6.89. The predicted octanol–water partition coefficient (Wildman–Crippen LogP) is 3.90. The Labute approximate surface area is 152 Å². The lowest BCUT2D eigenvalue weighted by molar-refractivity contribution is -0.130. The Morgan fingerprint density at radius 2 is 1.76 bits per heavy atom. The number of para-hydroxylation sites is 2. The number of carbonyl (C=O) groups excluding carboxylic acids is 1. The third kappa shape index (κ3) is 3.27. The molecule has 1 aromatic heterocycles. The summed E-state index contributed by atoms with van der Waals surface area (Å²) in [5.74, 6) is 1.04. The lowest BCUT2D eigenvalue weighted by atomic mass is 10.1. The number of carbonyl (C=O) groups is 1. The van der Waals surface area contributed by atoms with Crippen LogP contribution in [0.1, 0.15) is 24.2 Å². The number of halogens is 1. The number of imidazole rings is 1. The van der Waals surface area contributed by atoms with Crippen molar-refractivity contribution >= 4 is 28.5 Å². The van der Waals surface area contributed by atoms with E-state index in [0.29, 0.717) is 13.0 Å². The number of hydrogen-bond donors (Lipinski definition) is 0. The molecular formula is C20H20ClN3O. The van der Waals surface area contributed by atoms with Crippen molar-refractivity contribution < 1.29 is 4.79 Å². The smallest absolute Gasteiger partial charge is 0.242 e. The average molecular weight is 354 g/mol. The van der Waals surface area contributed by atoms with Gasteiger partial charge in [-0.05, 0) is 36.6 Å². The minimum atomic E-state index is 0.168. The Morgan fingerprint density at radius 1 is 1.04 bits per heavy atom. The molecule has 0 bridgehead atoms. The normalized spacial score (nSPS) is 14.4. The van der Waals surface area contributed by atoms with E-state index in [0.717, 1.165) is 53.4 Å². The molecule has 2 heterocycles. The van der Waals surface area contributed by atoms with Crippen LogP contribution in [0.25, 0.3) is 11.0 Å². The van der Waals surface area contributed by atoms with Crippen LogP contribution in [-0.4, -0.2) is 33.4 Å². The molecule has 1 saturated heterocycles. The van der Waals surface area contributed by atoms with Crippen LogP contribution in [0, 0.1) is 0 Å². The first-order valence-electron chi connectivity index (χ1n) is 8.68. The van der Waals surface area contributed by atoms with Crippen molar-refractivity contribution in [2.45, 2.75) is 25.8 Å². The summed E-state index contributed by atoms with van der Waals surface area (Å²) in [6, 6.07) is 15.8. The highest BCUT2D eigenvalue weighted by molar-refractivity contribution is 6.31. The van der Waals surface area contributed by atoms with Crippen molar-refractivity contribution in [3.63, 3.8) is 0 Å². The van der Waals surface area contributed by atoms with Gasteiger partial charge >= 0.3 is 0 Å². The third-order valence-electron chi connectivity index (χ3n) is 4.79. The van der Waals surface area contributed by atoms with E-state index in [-0.39, 0.29) is 5.91 Å². The van der Waals surface area contributed by atoms with Gasteiger partial charge in [0.2, 0.25) is 5.91 Å². The van der Waals surface area contributed by atoms with Gasteiger partial charge in [-0.3, -0.25) is 4.79 Å². The zero-order valence-corrected chi connectivity index (χ0v) is 14.7. The van der Waals surface area contributed by atoms with E-state index in [1.54, 1.807) is 0 Å². The van der Waals surface area contributed by atoms with Gasteiger partial charge in [-0.15, -0.1) is 0 Å². The van der Waals surface area contributed by atoms with Gasteiger partial charge in [-0.1, -0.05) is 41.9 Å². The van der Waals surface area contributed by atoms with E-state index in [9.17, 15) is 4.79 Å². The van der Waals surface area contributed by atoms with Gasteiger partial charge in [-0.2, -0.15) is 0 Å². The monoisotopic (exact) mass is 353 g/mol. The summed E-state index contributed by atoms with van der Waals surface area (Å²) in [5.41, 5.74) is 2.94. The van der Waals surface area contributed by atoms with Crippen molar-refractivity contribution in [1.29, 1.82) is 0 Å². The fourth-order valence-electron chi connectivity index (χ4n) is 3.45. The molecular weight excluding hydrogens is 334 g/mol. The zero-order chi connectivity index (χ0) is 17.2. The topological polar surface area (TPSA) is 38.1 Å². The Bertz CT molecular complexity index is 912. The maximum absolute atomic E-state index is 12.7. The second-order valence-electron chi connectivity index (χ2n) is 6.46. The maximum atomic E-state index is 12.7. The van der Waals surface area contributed by atoms with Gasteiger partial charge < -0.3 is 9.47 Å². The Morgan fingerprint density at radius 3 is 2.56 bits per heavy atom. The Hall–Kier alpha value is -2.33. The van der Waals surface area contributed by atoms with Crippen molar-refractivity contribution in [3.8, 4) is 0 Å². The zero-order valence-electron chi connectivity index (χ0n) is 14.0. The first kappa shape index (κ1) is 16.2. The molecule has 2 aromatic carbocycles. The molecule has 4 nitrogen and oxygen atoms in total. The van der Waals surface area contributed by atoms with Crippen LogP contribution in [0.15, 0.2) is 48.5 Å². The lowest BCUT2D eigenvalue weighted by Crippen LogP contribution is -2.31. The summed E-state index contributed by atoms with van der Waals surface area (Å²) in [6.45, 7) is 2.07. The molecule has 1 aliphatic heterocycles. The molecule has 0 radical (unpaired) electrons. The van der Waals surface area contributed by atoms with Gasteiger partial charge in [0.25, 0.3) is 0 Å². The van der Waals surface area contributed by atoms with Gasteiger partial charge in [-0.25, -0.2) is 4.98 Å².